The number of thiophene rings is 1. The van der Waals surface area contributed by atoms with E-state index >= 15 is 0 Å². The Bertz CT molecular complexity index is 2850. The van der Waals surface area contributed by atoms with Crippen LogP contribution >= 0.6 is 11.3 Å². The van der Waals surface area contributed by atoms with Gasteiger partial charge in [-0.05, 0) is 92.0 Å². The average Bonchev–Trinajstić information content (AvgIpc) is 3.56. The van der Waals surface area contributed by atoms with E-state index in [2.05, 4.69) is 181 Å². The Morgan fingerprint density at radius 2 is 0.940 bits per heavy atom. The van der Waals surface area contributed by atoms with E-state index in [1.165, 1.54) is 63.6 Å². The fraction of sp³-hybridized carbons (Fsp3) is 0. The summed E-state index contributed by atoms with van der Waals surface area (Å²) in [6.45, 7) is 0. The lowest BCUT2D eigenvalue weighted by Crippen LogP contribution is -2.09. The summed E-state index contributed by atoms with van der Waals surface area (Å²) < 4.78 is 2.51. The molecule has 0 radical (unpaired) electrons. The van der Waals surface area contributed by atoms with Crippen LogP contribution in [-0.4, -0.2) is 4.98 Å². The summed E-state index contributed by atoms with van der Waals surface area (Å²) in [7, 11) is 0. The first-order valence-electron chi connectivity index (χ1n) is 16.9. The van der Waals surface area contributed by atoms with E-state index in [1.54, 1.807) is 11.3 Å². The largest absolute Gasteiger partial charge is 0.310 e. The van der Waals surface area contributed by atoms with E-state index < -0.39 is 0 Å². The topological polar surface area (TPSA) is 16.1 Å². The number of nitrogens with zero attached hydrogens (tertiary/aromatic N) is 2. The van der Waals surface area contributed by atoms with Crippen LogP contribution < -0.4 is 4.90 Å². The maximum Gasteiger partial charge on any atom is 0.0709 e. The molecule has 234 valence electrons. The van der Waals surface area contributed by atoms with Crippen molar-refractivity contribution in [3.05, 3.63) is 182 Å². The third kappa shape index (κ3) is 4.82. The van der Waals surface area contributed by atoms with Crippen LogP contribution in [0.15, 0.2) is 182 Å². The summed E-state index contributed by atoms with van der Waals surface area (Å²) >= 11 is 1.80. The Kier molecular flexibility index (Phi) is 6.71. The highest BCUT2D eigenvalue weighted by molar-refractivity contribution is 7.25. The van der Waals surface area contributed by atoms with Gasteiger partial charge in [0.25, 0.3) is 0 Å². The van der Waals surface area contributed by atoms with Crippen molar-refractivity contribution in [3.8, 4) is 22.4 Å². The van der Waals surface area contributed by atoms with Gasteiger partial charge in [0.1, 0.15) is 0 Å². The SMILES string of the molecule is c1ccc(-c2ccc(N(c3ccc(-c4cc5c(cn4)sc4ccccc45)cc3)c3ccc4c(ccc5c6ccccc6ccc45)c3)cc2)cc1. The molecular weight excluding hydrogens is 625 g/mol. The first-order valence-corrected chi connectivity index (χ1v) is 17.8. The molecule has 0 unspecified atom stereocenters. The Labute approximate surface area is 294 Å². The Morgan fingerprint density at radius 3 is 1.72 bits per heavy atom. The van der Waals surface area contributed by atoms with Crippen molar-refractivity contribution < 1.29 is 0 Å². The van der Waals surface area contributed by atoms with E-state index in [-0.39, 0.29) is 0 Å². The van der Waals surface area contributed by atoms with Crippen molar-refractivity contribution in [1.82, 2.24) is 4.98 Å². The zero-order chi connectivity index (χ0) is 33.0. The molecule has 0 N–H and O–H groups in total. The molecular formula is C47H30N2S. The fourth-order valence-electron chi connectivity index (χ4n) is 7.41. The van der Waals surface area contributed by atoms with Gasteiger partial charge in [-0.25, -0.2) is 0 Å². The van der Waals surface area contributed by atoms with Crippen molar-refractivity contribution in [1.29, 1.82) is 0 Å². The zero-order valence-corrected chi connectivity index (χ0v) is 27.9. The fourth-order valence-corrected chi connectivity index (χ4v) is 8.46. The minimum absolute atomic E-state index is 0.983. The molecule has 0 aliphatic heterocycles. The van der Waals surface area contributed by atoms with Gasteiger partial charge in [0.05, 0.1) is 10.4 Å². The van der Waals surface area contributed by atoms with Gasteiger partial charge in [0, 0.05) is 44.3 Å². The first kappa shape index (κ1) is 28.7. The average molecular weight is 655 g/mol. The second kappa shape index (κ2) is 11.7. The molecule has 8 aromatic carbocycles. The molecule has 2 nitrogen and oxygen atoms in total. The van der Waals surface area contributed by atoms with Crippen molar-refractivity contribution in [3.63, 3.8) is 0 Å². The first-order chi connectivity index (χ1) is 24.8. The van der Waals surface area contributed by atoms with Crippen LogP contribution in [0.4, 0.5) is 17.1 Å². The van der Waals surface area contributed by atoms with Gasteiger partial charge in [-0.15, -0.1) is 11.3 Å². The Balaban J connectivity index is 1.08. The summed E-state index contributed by atoms with van der Waals surface area (Å²) in [4.78, 5) is 7.23. The number of fused-ring (bicyclic) bond motifs is 8. The van der Waals surface area contributed by atoms with Crippen LogP contribution in [0, 0.1) is 0 Å². The number of hydrogen-bond donors (Lipinski definition) is 0. The van der Waals surface area contributed by atoms with Gasteiger partial charge in [0.2, 0.25) is 0 Å². The molecule has 0 aliphatic carbocycles. The molecule has 2 heterocycles. The van der Waals surface area contributed by atoms with Gasteiger partial charge < -0.3 is 4.90 Å². The molecule has 0 spiro atoms. The van der Waals surface area contributed by atoms with Crippen molar-refractivity contribution in [2.24, 2.45) is 0 Å². The monoisotopic (exact) mass is 654 g/mol. The Hall–Kier alpha value is -6.29. The number of pyridine rings is 1. The Morgan fingerprint density at radius 1 is 0.360 bits per heavy atom. The van der Waals surface area contributed by atoms with Gasteiger partial charge in [0.15, 0.2) is 0 Å². The van der Waals surface area contributed by atoms with E-state index in [0.29, 0.717) is 0 Å². The maximum atomic E-state index is 4.88. The van der Waals surface area contributed by atoms with Crippen LogP contribution in [0.25, 0.3) is 74.9 Å². The molecule has 0 aliphatic rings. The molecule has 2 aromatic heterocycles. The molecule has 10 aromatic rings. The third-order valence-corrected chi connectivity index (χ3v) is 11.0. The quantitative estimate of drug-likeness (QED) is 0.172. The van der Waals surface area contributed by atoms with E-state index in [9.17, 15) is 0 Å². The molecule has 0 bridgehead atoms. The highest BCUT2D eigenvalue weighted by Gasteiger charge is 2.16. The van der Waals surface area contributed by atoms with Crippen molar-refractivity contribution in [2.45, 2.75) is 0 Å². The maximum absolute atomic E-state index is 4.88. The summed E-state index contributed by atoms with van der Waals surface area (Å²) in [6, 6.07) is 63.7. The predicted molar refractivity (Wildman–Crippen MR) is 215 cm³/mol. The summed E-state index contributed by atoms with van der Waals surface area (Å²) in [6.07, 6.45) is 2.02. The lowest BCUT2D eigenvalue weighted by molar-refractivity contribution is 1.28. The molecule has 0 amide bonds. The van der Waals surface area contributed by atoms with Crippen LogP contribution in [0.3, 0.4) is 0 Å². The van der Waals surface area contributed by atoms with Gasteiger partial charge in [-0.2, -0.15) is 0 Å². The lowest BCUT2D eigenvalue weighted by atomic mass is 9.96. The summed E-state index contributed by atoms with van der Waals surface area (Å²) in [5, 5.41) is 10.1. The number of anilines is 3. The van der Waals surface area contributed by atoms with Crippen LogP contribution in [-0.2, 0) is 0 Å². The summed E-state index contributed by atoms with van der Waals surface area (Å²) in [5.41, 5.74) is 7.80. The summed E-state index contributed by atoms with van der Waals surface area (Å²) in [5.74, 6) is 0. The van der Waals surface area contributed by atoms with Crippen LogP contribution in [0.1, 0.15) is 0 Å². The molecule has 0 fully saturated rings. The van der Waals surface area contributed by atoms with Gasteiger partial charge in [-0.3, -0.25) is 4.98 Å². The standard InChI is InChI=1S/C47H30N2S/c1-2-8-31(9-3-1)32-14-20-36(21-15-32)49(38-24-27-40-35(28-38)19-26-41-39-11-5-4-10-33(39)18-25-42(40)41)37-22-16-34(17-23-37)45-29-44-43-12-6-7-13-46(43)50-47(44)30-48-45/h1-30H. The molecule has 50 heavy (non-hydrogen) atoms. The van der Waals surface area contributed by atoms with Gasteiger partial charge in [-0.1, -0.05) is 127 Å². The predicted octanol–water partition coefficient (Wildman–Crippen LogP) is 13.7. The van der Waals surface area contributed by atoms with Crippen molar-refractivity contribution in [2.75, 3.05) is 4.90 Å². The van der Waals surface area contributed by atoms with Crippen molar-refractivity contribution >= 4 is 80.9 Å². The van der Waals surface area contributed by atoms with Gasteiger partial charge >= 0.3 is 0 Å². The highest BCUT2D eigenvalue weighted by Crippen LogP contribution is 2.40. The van der Waals surface area contributed by atoms with Crippen LogP contribution in [0.5, 0.6) is 0 Å². The lowest BCUT2D eigenvalue weighted by Gasteiger charge is -2.26. The second-order valence-electron chi connectivity index (χ2n) is 12.8. The molecule has 0 atom stereocenters. The number of rotatable bonds is 5. The zero-order valence-electron chi connectivity index (χ0n) is 27.1. The minimum Gasteiger partial charge on any atom is -0.310 e. The molecule has 0 saturated heterocycles. The minimum atomic E-state index is 0.983. The smallest absolute Gasteiger partial charge is 0.0709 e. The highest BCUT2D eigenvalue weighted by atomic mass is 32.1. The normalized spacial score (nSPS) is 11.6. The molecule has 3 heteroatoms. The van der Waals surface area contributed by atoms with Crippen LogP contribution in [0.2, 0.25) is 0 Å². The molecule has 10 rings (SSSR count). The number of hydrogen-bond acceptors (Lipinski definition) is 3. The van der Waals surface area contributed by atoms with E-state index in [4.69, 9.17) is 4.98 Å². The molecule has 0 saturated carbocycles. The van der Waals surface area contributed by atoms with E-state index in [0.717, 1.165) is 28.3 Å². The second-order valence-corrected chi connectivity index (χ2v) is 13.9. The third-order valence-electron chi connectivity index (χ3n) is 9.90. The number of aromatic nitrogens is 1. The van der Waals surface area contributed by atoms with E-state index in [1.807, 2.05) is 6.20 Å². The number of benzene rings is 8.